The fourth-order valence-electron chi connectivity index (χ4n) is 4.89. The molecule has 4 aromatic rings. The maximum Gasteiger partial charge on any atom is 0.170 e. The van der Waals surface area contributed by atoms with Gasteiger partial charge < -0.3 is 10.5 Å². The van der Waals surface area contributed by atoms with E-state index < -0.39 is 6.10 Å². The Kier molecular flexibility index (Phi) is 4.04. The second kappa shape index (κ2) is 6.87. The quantitative estimate of drug-likeness (QED) is 0.443. The summed E-state index contributed by atoms with van der Waals surface area (Å²) in [6.07, 6.45) is 1.83. The van der Waals surface area contributed by atoms with Crippen LogP contribution < -0.4 is 10.5 Å². The molecule has 2 N–H and O–H groups in total. The van der Waals surface area contributed by atoms with Gasteiger partial charge in [-0.2, -0.15) is 25.4 Å². The molecule has 6 rings (SSSR count). The van der Waals surface area contributed by atoms with E-state index in [9.17, 15) is 9.65 Å². The highest BCUT2D eigenvalue weighted by Crippen LogP contribution is 2.46. The first-order valence-corrected chi connectivity index (χ1v) is 10.6. The Morgan fingerprint density at radius 3 is 2.91 bits per heavy atom. The second-order valence-electron chi connectivity index (χ2n) is 8.31. The normalized spacial score (nSPS) is 18.2. The predicted octanol–water partition coefficient (Wildman–Crippen LogP) is 3.32. The molecule has 3 aromatic heterocycles. The number of anilines is 1. The van der Waals surface area contributed by atoms with Gasteiger partial charge in [0.15, 0.2) is 17.3 Å². The van der Waals surface area contributed by atoms with Crippen molar-refractivity contribution in [1.29, 1.82) is 5.26 Å². The Hall–Kier alpha value is -4.26. The Morgan fingerprint density at radius 1 is 1.24 bits per heavy atom. The summed E-state index contributed by atoms with van der Waals surface area (Å²) in [7, 11) is 1.76. The molecule has 0 amide bonds. The highest BCUT2D eigenvalue weighted by molar-refractivity contribution is 5.76. The Morgan fingerprint density at radius 2 is 2.09 bits per heavy atom. The number of fused-ring (bicyclic) bond motifs is 7. The van der Waals surface area contributed by atoms with Crippen molar-refractivity contribution >= 4 is 5.82 Å². The molecule has 33 heavy (non-hydrogen) atoms. The minimum atomic E-state index is -0.550. The zero-order chi connectivity index (χ0) is 22.9. The summed E-state index contributed by atoms with van der Waals surface area (Å²) < 4.78 is 22.4. The summed E-state index contributed by atoms with van der Waals surface area (Å²) >= 11 is 0. The topological polar surface area (TPSA) is 120 Å². The van der Waals surface area contributed by atoms with E-state index in [0.29, 0.717) is 40.4 Å². The van der Waals surface area contributed by atoms with Crippen LogP contribution in [0.5, 0.6) is 5.75 Å². The van der Waals surface area contributed by atoms with Gasteiger partial charge in [0, 0.05) is 48.0 Å². The van der Waals surface area contributed by atoms with Crippen molar-refractivity contribution in [2.24, 2.45) is 7.05 Å². The molecule has 10 heteroatoms. The SMILES string of the molecule is C[C@H]1Oc2cc(cnc2N)-c2c(C#N)nn3c2[C@H](CC3)c2nn(C)nc2-c2ccc(F)cc21. The first-order chi connectivity index (χ1) is 15.9. The molecule has 0 spiro atoms. The maximum atomic E-state index is 14.3. The number of nitrogens with zero attached hydrogens (tertiary/aromatic N) is 7. The minimum absolute atomic E-state index is 0.146. The van der Waals surface area contributed by atoms with Gasteiger partial charge in [0.05, 0.1) is 11.4 Å². The number of benzene rings is 1. The number of hydrogen-bond donors (Lipinski definition) is 1. The van der Waals surface area contributed by atoms with Crippen molar-refractivity contribution in [3.63, 3.8) is 0 Å². The summed E-state index contributed by atoms with van der Waals surface area (Å²) in [5.74, 6) is 0.0440. The molecule has 2 bridgehead atoms. The lowest BCUT2D eigenvalue weighted by Gasteiger charge is -2.21. The third-order valence-corrected chi connectivity index (χ3v) is 6.31. The fourth-order valence-corrected chi connectivity index (χ4v) is 4.89. The van der Waals surface area contributed by atoms with E-state index in [2.05, 4.69) is 21.3 Å². The maximum absolute atomic E-state index is 14.3. The summed E-state index contributed by atoms with van der Waals surface area (Å²) in [6.45, 7) is 2.47. The number of aryl methyl sites for hydroxylation is 2. The summed E-state index contributed by atoms with van der Waals surface area (Å²) in [5.41, 5.74) is 11.5. The average Bonchev–Trinajstić information content (AvgIpc) is 3.47. The number of nitriles is 1. The lowest BCUT2D eigenvalue weighted by Crippen LogP contribution is -2.10. The van der Waals surface area contributed by atoms with Gasteiger partial charge in [0.2, 0.25) is 0 Å². The van der Waals surface area contributed by atoms with Crippen LogP contribution >= 0.6 is 0 Å². The third kappa shape index (κ3) is 2.82. The largest absolute Gasteiger partial charge is 0.482 e. The molecular weight excluding hydrogens is 423 g/mol. The van der Waals surface area contributed by atoms with E-state index in [4.69, 9.17) is 15.6 Å². The van der Waals surface area contributed by atoms with Crippen molar-refractivity contribution in [1.82, 2.24) is 29.8 Å². The minimum Gasteiger partial charge on any atom is -0.482 e. The van der Waals surface area contributed by atoms with Gasteiger partial charge in [0.1, 0.15) is 23.7 Å². The first-order valence-electron chi connectivity index (χ1n) is 10.6. The Balaban J connectivity index is 1.71. The Labute approximate surface area is 188 Å². The molecule has 0 saturated heterocycles. The van der Waals surface area contributed by atoms with Crippen molar-refractivity contribution in [3.8, 4) is 34.2 Å². The van der Waals surface area contributed by atoms with Crippen molar-refractivity contribution in [2.45, 2.75) is 31.9 Å². The van der Waals surface area contributed by atoms with Crippen LogP contribution in [0.25, 0.3) is 22.4 Å². The zero-order valence-corrected chi connectivity index (χ0v) is 17.9. The van der Waals surface area contributed by atoms with Crippen LogP contribution in [0.4, 0.5) is 10.2 Å². The molecule has 1 aromatic carbocycles. The van der Waals surface area contributed by atoms with Crippen molar-refractivity contribution in [2.75, 3.05) is 5.73 Å². The molecule has 9 nitrogen and oxygen atoms in total. The van der Waals surface area contributed by atoms with Crippen LogP contribution in [0.3, 0.4) is 0 Å². The molecule has 5 heterocycles. The van der Waals surface area contributed by atoms with Gasteiger partial charge in [0.25, 0.3) is 0 Å². The molecule has 2 aliphatic rings. The fraction of sp³-hybridized carbons (Fsp3) is 0.261. The van der Waals surface area contributed by atoms with Gasteiger partial charge in [-0.1, -0.05) is 0 Å². The highest BCUT2D eigenvalue weighted by atomic mass is 19.1. The number of nitrogens with two attached hydrogens (primary N) is 1. The Bertz CT molecular complexity index is 1480. The molecule has 2 atom stereocenters. The third-order valence-electron chi connectivity index (χ3n) is 6.31. The number of hydrogen-bond acceptors (Lipinski definition) is 7. The lowest BCUT2D eigenvalue weighted by atomic mass is 9.89. The van der Waals surface area contributed by atoms with Gasteiger partial charge in [-0.05, 0) is 37.6 Å². The van der Waals surface area contributed by atoms with Gasteiger partial charge in [-0.15, -0.1) is 0 Å². The van der Waals surface area contributed by atoms with Gasteiger partial charge >= 0.3 is 0 Å². The van der Waals surface area contributed by atoms with E-state index in [1.54, 1.807) is 25.4 Å². The average molecular weight is 442 g/mol. The molecular formula is C23H19FN8O. The van der Waals surface area contributed by atoms with Crippen LogP contribution in [0.2, 0.25) is 0 Å². The zero-order valence-electron chi connectivity index (χ0n) is 17.9. The van der Waals surface area contributed by atoms with E-state index in [1.165, 1.54) is 16.9 Å². The van der Waals surface area contributed by atoms with Crippen molar-refractivity contribution in [3.05, 3.63) is 58.9 Å². The smallest absolute Gasteiger partial charge is 0.170 e. The van der Waals surface area contributed by atoms with E-state index in [-0.39, 0.29) is 17.6 Å². The second-order valence-corrected chi connectivity index (χ2v) is 8.31. The van der Waals surface area contributed by atoms with E-state index >= 15 is 0 Å². The van der Waals surface area contributed by atoms with Crippen LogP contribution in [-0.4, -0.2) is 29.8 Å². The standard InChI is InChI=1S/C23H19FN8O/c1-11-16-8-13(24)3-4-14(16)20-21(30-31(2)29-20)15-5-6-32-22(15)19(17(9-25)28-32)12-7-18(33-11)23(26)27-10-12/h3-4,7-8,10-11,15H,5-6H2,1-2H3,(H2,26,27)/t11-,15-/m1/s1. The first kappa shape index (κ1) is 19.4. The molecule has 2 aliphatic heterocycles. The number of nitrogen functional groups attached to an aromatic ring is 1. The molecule has 0 fully saturated rings. The monoisotopic (exact) mass is 442 g/mol. The summed E-state index contributed by atoms with van der Waals surface area (Å²) in [4.78, 5) is 5.83. The van der Waals surface area contributed by atoms with Crippen LogP contribution in [0, 0.1) is 17.1 Å². The molecule has 164 valence electrons. The highest BCUT2D eigenvalue weighted by Gasteiger charge is 2.37. The van der Waals surface area contributed by atoms with E-state index in [0.717, 1.165) is 23.4 Å². The molecule has 0 unspecified atom stereocenters. The predicted molar refractivity (Wildman–Crippen MR) is 116 cm³/mol. The lowest BCUT2D eigenvalue weighted by molar-refractivity contribution is 0.227. The molecule has 0 radical (unpaired) electrons. The van der Waals surface area contributed by atoms with Crippen LogP contribution in [-0.2, 0) is 13.6 Å². The number of pyridine rings is 1. The van der Waals surface area contributed by atoms with Crippen LogP contribution in [0.15, 0.2) is 30.5 Å². The van der Waals surface area contributed by atoms with Crippen molar-refractivity contribution < 1.29 is 9.13 Å². The number of aromatic nitrogens is 6. The summed E-state index contributed by atoms with van der Waals surface area (Å²) in [5, 5.41) is 23.7. The number of halogens is 1. The van der Waals surface area contributed by atoms with Gasteiger partial charge in [-0.3, -0.25) is 4.68 Å². The number of rotatable bonds is 0. The molecule has 0 aliphatic carbocycles. The number of ether oxygens (including phenoxy) is 1. The molecule has 0 saturated carbocycles. The van der Waals surface area contributed by atoms with E-state index in [1.807, 2.05) is 11.6 Å². The van der Waals surface area contributed by atoms with Gasteiger partial charge in [-0.25, -0.2) is 9.37 Å². The summed E-state index contributed by atoms with van der Waals surface area (Å²) in [6, 6.07) is 8.55. The van der Waals surface area contributed by atoms with Crippen LogP contribution in [0.1, 0.15) is 48.0 Å².